The van der Waals surface area contributed by atoms with Crippen molar-refractivity contribution < 1.29 is 28.6 Å². The first-order valence-electron chi connectivity index (χ1n) is 6.76. The largest absolute Gasteiger partial charge is 0.454 e. The Morgan fingerprint density at radius 1 is 1.32 bits per heavy atom. The fraction of sp³-hybridized carbons (Fsp3) is 0.357. The summed E-state index contributed by atoms with van der Waals surface area (Å²) < 4.78 is 15.4. The van der Waals surface area contributed by atoms with Crippen LogP contribution in [0.25, 0.3) is 0 Å². The minimum Gasteiger partial charge on any atom is -0.454 e. The van der Waals surface area contributed by atoms with Crippen LogP contribution < -0.4 is 14.8 Å². The molecule has 1 fully saturated rings. The van der Waals surface area contributed by atoms with Crippen LogP contribution in [0.1, 0.15) is 17.3 Å². The molecule has 0 bridgehead atoms. The number of benzene rings is 1. The van der Waals surface area contributed by atoms with Crippen molar-refractivity contribution in [1.82, 2.24) is 10.2 Å². The maximum atomic E-state index is 12.1. The molecule has 0 unspecified atom stereocenters. The highest BCUT2D eigenvalue weighted by Crippen LogP contribution is 2.32. The van der Waals surface area contributed by atoms with Gasteiger partial charge in [0.25, 0.3) is 5.91 Å². The molecule has 2 aliphatic heterocycles. The van der Waals surface area contributed by atoms with Gasteiger partial charge in [0, 0.05) is 13.1 Å². The molecule has 0 saturated carbocycles. The fourth-order valence-electron chi connectivity index (χ4n) is 2.20. The van der Waals surface area contributed by atoms with Crippen LogP contribution in [0.15, 0.2) is 18.2 Å². The Morgan fingerprint density at radius 2 is 2.09 bits per heavy atom. The van der Waals surface area contributed by atoms with Crippen molar-refractivity contribution in [2.75, 3.05) is 19.9 Å². The van der Waals surface area contributed by atoms with E-state index < -0.39 is 24.0 Å². The molecule has 3 rings (SSSR count). The van der Waals surface area contributed by atoms with E-state index in [-0.39, 0.29) is 18.9 Å². The molecule has 1 N–H and O–H groups in total. The van der Waals surface area contributed by atoms with E-state index in [0.29, 0.717) is 18.0 Å². The highest BCUT2D eigenvalue weighted by atomic mass is 16.7. The van der Waals surface area contributed by atoms with E-state index in [9.17, 15) is 14.4 Å². The lowest BCUT2D eigenvalue weighted by Crippen LogP contribution is -2.41. The van der Waals surface area contributed by atoms with Gasteiger partial charge in [0.1, 0.15) is 0 Å². The van der Waals surface area contributed by atoms with Crippen molar-refractivity contribution in [2.45, 2.75) is 13.0 Å². The zero-order valence-corrected chi connectivity index (χ0v) is 11.8. The van der Waals surface area contributed by atoms with E-state index >= 15 is 0 Å². The summed E-state index contributed by atoms with van der Waals surface area (Å²) in [6.45, 7) is 2.20. The van der Waals surface area contributed by atoms with Gasteiger partial charge in [-0.15, -0.1) is 0 Å². The number of urea groups is 1. The summed E-state index contributed by atoms with van der Waals surface area (Å²) in [6, 6.07) is 4.13. The van der Waals surface area contributed by atoms with Crippen molar-refractivity contribution in [3.8, 4) is 11.5 Å². The van der Waals surface area contributed by atoms with Gasteiger partial charge >= 0.3 is 12.0 Å². The van der Waals surface area contributed by atoms with Gasteiger partial charge in [-0.3, -0.25) is 9.69 Å². The molecule has 3 amide bonds. The first-order valence-corrected chi connectivity index (χ1v) is 6.76. The number of esters is 1. The molecule has 1 aromatic carbocycles. The van der Waals surface area contributed by atoms with Crippen molar-refractivity contribution in [3.63, 3.8) is 0 Å². The summed E-state index contributed by atoms with van der Waals surface area (Å²) in [5, 5.41) is 2.51. The Kier molecular flexibility index (Phi) is 3.58. The molecule has 1 atom stereocenters. The van der Waals surface area contributed by atoms with Crippen molar-refractivity contribution in [2.24, 2.45) is 0 Å². The highest BCUT2D eigenvalue weighted by Gasteiger charge is 2.32. The summed E-state index contributed by atoms with van der Waals surface area (Å²) in [5.41, 5.74) is 0.245. The summed E-state index contributed by atoms with van der Waals surface area (Å²) in [6.07, 6.45) is -1.05. The molecule has 0 spiro atoms. The Hall–Kier alpha value is -2.77. The van der Waals surface area contributed by atoms with Gasteiger partial charge < -0.3 is 19.5 Å². The van der Waals surface area contributed by atoms with Gasteiger partial charge in [0.2, 0.25) is 6.79 Å². The van der Waals surface area contributed by atoms with Crippen molar-refractivity contribution in [1.29, 1.82) is 0 Å². The fourth-order valence-corrected chi connectivity index (χ4v) is 2.20. The highest BCUT2D eigenvalue weighted by molar-refractivity contribution is 5.99. The predicted octanol–water partition coefficient (Wildman–Crippen LogP) is 0.512. The Balaban J connectivity index is 1.66. The van der Waals surface area contributed by atoms with Gasteiger partial charge in [0.15, 0.2) is 17.6 Å². The van der Waals surface area contributed by atoms with Gasteiger partial charge in [-0.1, -0.05) is 0 Å². The molecule has 22 heavy (non-hydrogen) atoms. The number of carbonyl (C=O) groups is 3. The number of nitrogens with one attached hydrogen (secondary N) is 1. The lowest BCUT2D eigenvalue weighted by Gasteiger charge is -2.18. The molecule has 8 heteroatoms. The maximum Gasteiger partial charge on any atom is 0.339 e. The first-order chi connectivity index (χ1) is 10.6. The third-order valence-electron chi connectivity index (χ3n) is 3.36. The molecule has 0 radical (unpaired) electrons. The van der Waals surface area contributed by atoms with Gasteiger partial charge in [-0.05, 0) is 25.1 Å². The van der Waals surface area contributed by atoms with Gasteiger partial charge in [-0.2, -0.15) is 0 Å². The normalized spacial score (nSPS) is 17.1. The van der Waals surface area contributed by atoms with E-state index in [2.05, 4.69) is 5.32 Å². The number of rotatable bonds is 3. The molecule has 1 saturated heterocycles. The number of ether oxygens (including phenoxy) is 3. The quantitative estimate of drug-likeness (QED) is 0.818. The molecule has 2 heterocycles. The molecule has 8 nitrogen and oxygen atoms in total. The van der Waals surface area contributed by atoms with Crippen LogP contribution in [-0.2, 0) is 9.53 Å². The lowest BCUT2D eigenvalue weighted by molar-refractivity contribution is -0.136. The van der Waals surface area contributed by atoms with E-state index in [0.717, 1.165) is 4.90 Å². The van der Waals surface area contributed by atoms with Crippen LogP contribution in [0.5, 0.6) is 11.5 Å². The number of amides is 3. The minimum absolute atomic E-state index is 0.104. The van der Waals surface area contributed by atoms with E-state index in [1.807, 2.05) is 0 Å². The molecular formula is C14H14N2O6. The molecule has 0 aliphatic carbocycles. The molecule has 116 valence electrons. The average Bonchev–Trinajstić information content (AvgIpc) is 3.13. The van der Waals surface area contributed by atoms with Crippen molar-refractivity contribution in [3.05, 3.63) is 23.8 Å². The second kappa shape index (κ2) is 5.55. The number of carbonyl (C=O) groups excluding carboxylic acids is 3. The standard InChI is InChI=1S/C14H14N2O6/c1-8(12(17)16-5-4-15-14(16)19)22-13(18)9-2-3-10-11(6-9)21-7-20-10/h2-3,6,8H,4-5,7H2,1H3,(H,15,19)/t8-/m1/s1. The van der Waals surface area contributed by atoms with Crippen LogP contribution in [-0.4, -0.2) is 48.8 Å². The predicted molar refractivity (Wildman–Crippen MR) is 72.6 cm³/mol. The minimum atomic E-state index is -1.05. The number of hydrogen-bond donors (Lipinski definition) is 1. The van der Waals surface area contributed by atoms with Crippen LogP contribution in [0.3, 0.4) is 0 Å². The van der Waals surface area contributed by atoms with Crippen LogP contribution in [0.4, 0.5) is 4.79 Å². The monoisotopic (exact) mass is 306 g/mol. The molecule has 2 aliphatic rings. The van der Waals surface area contributed by atoms with Crippen LogP contribution in [0.2, 0.25) is 0 Å². The van der Waals surface area contributed by atoms with E-state index in [1.165, 1.54) is 19.1 Å². The summed E-state index contributed by atoms with van der Waals surface area (Å²) in [4.78, 5) is 36.6. The van der Waals surface area contributed by atoms with Crippen molar-refractivity contribution >= 4 is 17.9 Å². The van der Waals surface area contributed by atoms with Gasteiger partial charge in [-0.25, -0.2) is 9.59 Å². The third kappa shape index (κ3) is 2.54. The third-order valence-corrected chi connectivity index (χ3v) is 3.36. The maximum absolute atomic E-state index is 12.1. The zero-order chi connectivity index (χ0) is 15.7. The Labute approximate surface area is 125 Å². The zero-order valence-electron chi connectivity index (χ0n) is 11.8. The summed E-state index contributed by atoms with van der Waals surface area (Å²) in [7, 11) is 0. The molecule has 1 aromatic rings. The lowest BCUT2D eigenvalue weighted by atomic mass is 10.2. The number of hydrogen-bond acceptors (Lipinski definition) is 6. The second-order valence-electron chi connectivity index (χ2n) is 4.84. The average molecular weight is 306 g/mol. The Bertz CT molecular complexity index is 644. The topological polar surface area (TPSA) is 94.2 Å². The Morgan fingerprint density at radius 3 is 2.82 bits per heavy atom. The number of fused-ring (bicyclic) bond motifs is 1. The smallest absolute Gasteiger partial charge is 0.339 e. The van der Waals surface area contributed by atoms with E-state index in [4.69, 9.17) is 14.2 Å². The molecule has 0 aromatic heterocycles. The van der Waals surface area contributed by atoms with Crippen LogP contribution in [0, 0.1) is 0 Å². The molecular weight excluding hydrogens is 292 g/mol. The summed E-state index contributed by atoms with van der Waals surface area (Å²) >= 11 is 0. The van der Waals surface area contributed by atoms with Crippen LogP contribution >= 0.6 is 0 Å². The summed E-state index contributed by atoms with van der Waals surface area (Å²) in [5.74, 6) is -0.218. The number of imide groups is 1. The first kappa shape index (κ1) is 14.2. The SMILES string of the molecule is C[C@@H](OC(=O)c1ccc2c(c1)OCO2)C(=O)N1CCNC1=O. The van der Waals surface area contributed by atoms with E-state index in [1.54, 1.807) is 6.07 Å². The van der Waals surface area contributed by atoms with Gasteiger partial charge in [0.05, 0.1) is 5.56 Å². The number of nitrogens with zero attached hydrogens (tertiary/aromatic N) is 1. The second-order valence-corrected chi connectivity index (χ2v) is 4.84.